The highest BCUT2D eigenvalue weighted by atomic mass is 127. The molecule has 0 spiro atoms. The first-order chi connectivity index (χ1) is 13.3. The molecule has 1 aliphatic heterocycles. The molecule has 3 rings (SSSR count). The molecule has 2 fully saturated rings. The summed E-state index contributed by atoms with van der Waals surface area (Å²) in [6.07, 6.45) is 11.9. The van der Waals surface area contributed by atoms with E-state index in [1.165, 1.54) is 32.1 Å². The smallest absolute Gasteiger partial charge is 0.222 e. The molecule has 158 valence electrons. The molecule has 2 aliphatic rings. The summed E-state index contributed by atoms with van der Waals surface area (Å²) in [6.45, 7) is 4.30. The van der Waals surface area contributed by atoms with Gasteiger partial charge in [-0.25, -0.2) is 0 Å². The van der Waals surface area contributed by atoms with Gasteiger partial charge in [-0.15, -0.1) is 24.0 Å². The standard InChI is InChI=1S/C21H34N4O2.HI/c26-20-10-4-14-25(20)15-6-12-22-21(23-13-11-19-9-5-16-27-19)24-17-18-7-2-1-3-8-18;/h5,9,16,18H,1-4,6-8,10-15,17H2,(H2,22,23,24);1H. The van der Waals surface area contributed by atoms with Crippen LogP contribution in [-0.2, 0) is 11.2 Å². The summed E-state index contributed by atoms with van der Waals surface area (Å²) in [5, 5.41) is 6.88. The largest absolute Gasteiger partial charge is 0.469 e. The first kappa shape index (κ1) is 23.0. The van der Waals surface area contributed by atoms with E-state index in [9.17, 15) is 4.79 Å². The Bertz CT molecular complexity index is 585. The number of carbonyl (C=O) groups excluding carboxylic acids is 1. The Hall–Kier alpha value is -1.25. The molecule has 0 bridgehead atoms. The van der Waals surface area contributed by atoms with Crippen LogP contribution in [-0.4, -0.2) is 49.5 Å². The molecule has 2 heterocycles. The average molecular weight is 502 g/mol. The molecular formula is C21H35IN4O2. The van der Waals surface area contributed by atoms with Crippen molar-refractivity contribution in [1.29, 1.82) is 0 Å². The second-order valence-corrected chi connectivity index (χ2v) is 7.71. The minimum absolute atomic E-state index is 0. The zero-order valence-electron chi connectivity index (χ0n) is 16.8. The maximum Gasteiger partial charge on any atom is 0.222 e. The van der Waals surface area contributed by atoms with E-state index in [0.717, 1.165) is 76.0 Å². The van der Waals surface area contributed by atoms with E-state index in [1.807, 2.05) is 17.0 Å². The number of aliphatic imine (C=N–C) groups is 1. The lowest BCUT2D eigenvalue weighted by Crippen LogP contribution is -2.40. The molecule has 1 aromatic heterocycles. The van der Waals surface area contributed by atoms with Crippen molar-refractivity contribution in [1.82, 2.24) is 15.5 Å². The monoisotopic (exact) mass is 502 g/mol. The molecule has 0 unspecified atom stereocenters. The minimum atomic E-state index is 0. The van der Waals surface area contributed by atoms with E-state index in [4.69, 9.17) is 9.41 Å². The number of halogens is 1. The summed E-state index contributed by atoms with van der Waals surface area (Å²) in [6, 6.07) is 3.92. The maximum absolute atomic E-state index is 11.7. The summed E-state index contributed by atoms with van der Waals surface area (Å²) in [5.41, 5.74) is 0. The number of likely N-dealkylation sites (tertiary alicyclic amines) is 1. The number of amides is 1. The third kappa shape index (κ3) is 8.01. The third-order valence-corrected chi connectivity index (χ3v) is 5.54. The summed E-state index contributed by atoms with van der Waals surface area (Å²) >= 11 is 0. The molecule has 2 N–H and O–H groups in total. The fourth-order valence-corrected chi connectivity index (χ4v) is 3.94. The highest BCUT2D eigenvalue weighted by Crippen LogP contribution is 2.23. The molecule has 1 saturated carbocycles. The van der Waals surface area contributed by atoms with Gasteiger partial charge in [0.2, 0.25) is 5.91 Å². The Morgan fingerprint density at radius 2 is 2.00 bits per heavy atom. The van der Waals surface area contributed by atoms with Crippen LogP contribution in [0.5, 0.6) is 0 Å². The predicted octanol–water partition coefficient (Wildman–Crippen LogP) is 3.57. The highest BCUT2D eigenvalue weighted by Gasteiger charge is 2.19. The van der Waals surface area contributed by atoms with Crippen molar-refractivity contribution in [2.45, 2.75) is 57.8 Å². The maximum atomic E-state index is 11.7. The summed E-state index contributed by atoms with van der Waals surface area (Å²) in [4.78, 5) is 18.5. The average Bonchev–Trinajstić information content (AvgIpc) is 3.35. The Labute approximate surface area is 185 Å². The zero-order valence-corrected chi connectivity index (χ0v) is 19.2. The van der Waals surface area contributed by atoms with Crippen LogP contribution in [0.15, 0.2) is 27.8 Å². The molecule has 0 atom stereocenters. The van der Waals surface area contributed by atoms with Crippen molar-refractivity contribution >= 4 is 35.8 Å². The molecule has 1 saturated heterocycles. The van der Waals surface area contributed by atoms with Gasteiger partial charge in [0.05, 0.1) is 6.26 Å². The molecule has 1 aliphatic carbocycles. The quantitative estimate of drug-likeness (QED) is 0.235. The third-order valence-electron chi connectivity index (χ3n) is 5.54. The number of rotatable bonds is 9. The fraction of sp³-hybridized carbons (Fsp3) is 0.714. The number of hydrogen-bond acceptors (Lipinski definition) is 3. The van der Waals surface area contributed by atoms with Crippen LogP contribution in [0.1, 0.15) is 57.1 Å². The number of nitrogens with one attached hydrogen (secondary N) is 2. The number of furan rings is 1. The second kappa shape index (κ2) is 13.1. The van der Waals surface area contributed by atoms with Crippen molar-refractivity contribution in [3.63, 3.8) is 0 Å². The molecule has 0 radical (unpaired) electrons. The lowest BCUT2D eigenvalue weighted by atomic mass is 9.89. The van der Waals surface area contributed by atoms with Crippen molar-refractivity contribution in [3.8, 4) is 0 Å². The van der Waals surface area contributed by atoms with E-state index >= 15 is 0 Å². The van der Waals surface area contributed by atoms with E-state index in [0.29, 0.717) is 5.91 Å². The van der Waals surface area contributed by atoms with Gasteiger partial charge in [-0.1, -0.05) is 19.3 Å². The predicted molar refractivity (Wildman–Crippen MR) is 123 cm³/mol. The molecule has 1 aromatic rings. The molecule has 1 amide bonds. The van der Waals surface area contributed by atoms with E-state index in [2.05, 4.69) is 10.6 Å². The van der Waals surface area contributed by atoms with Crippen LogP contribution < -0.4 is 10.6 Å². The van der Waals surface area contributed by atoms with E-state index in [-0.39, 0.29) is 24.0 Å². The topological polar surface area (TPSA) is 69.9 Å². The van der Waals surface area contributed by atoms with E-state index < -0.39 is 0 Å². The van der Waals surface area contributed by atoms with Crippen LogP contribution in [0.25, 0.3) is 0 Å². The first-order valence-corrected chi connectivity index (χ1v) is 10.6. The SMILES string of the molecule is I.O=C1CCCN1CCCNC(=NCC1CCCCC1)NCCc1ccco1. The molecule has 0 aromatic carbocycles. The summed E-state index contributed by atoms with van der Waals surface area (Å²) < 4.78 is 5.40. The second-order valence-electron chi connectivity index (χ2n) is 7.71. The van der Waals surface area contributed by atoms with Crippen molar-refractivity contribution in [2.75, 3.05) is 32.7 Å². The van der Waals surface area contributed by atoms with Gasteiger partial charge in [0.15, 0.2) is 5.96 Å². The van der Waals surface area contributed by atoms with Gasteiger partial charge >= 0.3 is 0 Å². The molecule has 6 nitrogen and oxygen atoms in total. The summed E-state index contributed by atoms with van der Waals surface area (Å²) in [7, 11) is 0. The van der Waals surface area contributed by atoms with Crippen LogP contribution in [0.2, 0.25) is 0 Å². The van der Waals surface area contributed by atoms with Gasteiger partial charge in [0, 0.05) is 45.6 Å². The Balaban J connectivity index is 0.00000280. The van der Waals surface area contributed by atoms with Crippen molar-refractivity contribution in [2.24, 2.45) is 10.9 Å². The van der Waals surface area contributed by atoms with Gasteiger partial charge in [-0.05, 0) is 43.7 Å². The normalized spacial score (nSPS) is 18.2. The lowest BCUT2D eigenvalue weighted by molar-refractivity contribution is -0.127. The van der Waals surface area contributed by atoms with Crippen LogP contribution in [0.4, 0.5) is 0 Å². The van der Waals surface area contributed by atoms with Gasteiger partial charge < -0.3 is 20.0 Å². The minimum Gasteiger partial charge on any atom is -0.469 e. The number of guanidine groups is 1. The van der Waals surface area contributed by atoms with E-state index in [1.54, 1.807) is 6.26 Å². The number of hydrogen-bond donors (Lipinski definition) is 2. The van der Waals surface area contributed by atoms with Gasteiger partial charge in [-0.3, -0.25) is 9.79 Å². The Kier molecular flexibility index (Phi) is 10.7. The fourth-order valence-electron chi connectivity index (χ4n) is 3.94. The van der Waals surface area contributed by atoms with Crippen molar-refractivity contribution < 1.29 is 9.21 Å². The Morgan fingerprint density at radius 1 is 1.18 bits per heavy atom. The first-order valence-electron chi connectivity index (χ1n) is 10.6. The van der Waals surface area contributed by atoms with Gasteiger partial charge in [-0.2, -0.15) is 0 Å². The van der Waals surface area contributed by atoms with Crippen LogP contribution in [0, 0.1) is 5.92 Å². The van der Waals surface area contributed by atoms with Gasteiger partial charge in [0.25, 0.3) is 0 Å². The Morgan fingerprint density at radius 3 is 2.71 bits per heavy atom. The molecular weight excluding hydrogens is 467 g/mol. The molecule has 7 heteroatoms. The van der Waals surface area contributed by atoms with Gasteiger partial charge in [0.1, 0.15) is 5.76 Å². The number of nitrogens with zero attached hydrogens (tertiary/aromatic N) is 2. The zero-order chi connectivity index (χ0) is 18.7. The van der Waals surface area contributed by atoms with Crippen LogP contribution >= 0.6 is 24.0 Å². The van der Waals surface area contributed by atoms with Crippen molar-refractivity contribution in [3.05, 3.63) is 24.2 Å². The van der Waals surface area contributed by atoms with Crippen LogP contribution in [0.3, 0.4) is 0 Å². The summed E-state index contributed by atoms with van der Waals surface area (Å²) in [5.74, 6) is 2.91. The lowest BCUT2D eigenvalue weighted by Gasteiger charge is -2.21. The molecule has 28 heavy (non-hydrogen) atoms. The number of carbonyl (C=O) groups is 1. The highest BCUT2D eigenvalue weighted by molar-refractivity contribution is 14.0.